The van der Waals surface area contributed by atoms with Crippen molar-refractivity contribution < 1.29 is 9.13 Å². The molecule has 0 spiro atoms. The number of aromatic nitrogens is 2. The maximum Gasteiger partial charge on any atom is 0.330 e. The molecular formula is C28H26FN3O3. The van der Waals surface area contributed by atoms with Gasteiger partial charge in [0.2, 0.25) is 0 Å². The van der Waals surface area contributed by atoms with Crippen LogP contribution in [0.2, 0.25) is 0 Å². The minimum absolute atomic E-state index is 0.0211. The summed E-state index contributed by atoms with van der Waals surface area (Å²) >= 11 is 0. The number of benzene rings is 3. The number of nitrogens with one attached hydrogen (secondary N) is 2. The van der Waals surface area contributed by atoms with Gasteiger partial charge in [-0.05, 0) is 16.7 Å². The van der Waals surface area contributed by atoms with E-state index >= 15 is 4.39 Å². The van der Waals surface area contributed by atoms with Crippen molar-refractivity contribution in [1.29, 1.82) is 0 Å². The molecule has 178 valence electrons. The summed E-state index contributed by atoms with van der Waals surface area (Å²) in [4.78, 5) is 25.8. The average Bonchev–Trinajstić information content (AvgIpc) is 3.26. The Bertz CT molecular complexity index is 1280. The molecule has 1 aliphatic heterocycles. The van der Waals surface area contributed by atoms with E-state index in [9.17, 15) is 9.59 Å². The molecule has 0 bridgehead atoms. The standard InChI is InChI=1S/C28H26FN3O3/c29-23-18-26(32-17-16-25(33)31-27(32)34)35-24(23)19-30-28(20-10-4-1-5-11-20,21-12-6-2-7-13-21)22-14-8-3-9-15-22/h1-17,23-24,26,30H,18-19H2,(H,31,33,34)/t23-,24+,26+/m0/s1. The molecule has 0 aliphatic carbocycles. The molecule has 2 N–H and O–H groups in total. The van der Waals surface area contributed by atoms with Crippen LogP contribution in [0.1, 0.15) is 29.3 Å². The van der Waals surface area contributed by atoms with Crippen molar-refractivity contribution in [3.05, 3.63) is 141 Å². The first kappa shape index (κ1) is 23.0. The molecule has 0 unspecified atom stereocenters. The fraction of sp³-hybridized carbons (Fsp3) is 0.214. The molecule has 4 aromatic rings. The zero-order chi connectivity index (χ0) is 24.3. The van der Waals surface area contributed by atoms with E-state index in [-0.39, 0.29) is 13.0 Å². The van der Waals surface area contributed by atoms with Gasteiger partial charge in [0, 0.05) is 25.2 Å². The quantitative estimate of drug-likeness (QED) is 0.403. The number of aromatic amines is 1. The van der Waals surface area contributed by atoms with Gasteiger partial charge in [0.05, 0.1) is 5.54 Å². The second-order valence-corrected chi connectivity index (χ2v) is 8.63. The summed E-state index contributed by atoms with van der Waals surface area (Å²) in [5.74, 6) is 0. The highest BCUT2D eigenvalue weighted by Crippen LogP contribution is 2.38. The molecule has 0 radical (unpaired) electrons. The molecule has 7 heteroatoms. The van der Waals surface area contributed by atoms with Gasteiger partial charge in [0.25, 0.3) is 5.56 Å². The first-order valence-electron chi connectivity index (χ1n) is 11.6. The van der Waals surface area contributed by atoms with Crippen molar-refractivity contribution in [2.45, 2.75) is 30.5 Å². The molecule has 3 aromatic carbocycles. The predicted molar refractivity (Wildman–Crippen MR) is 132 cm³/mol. The van der Waals surface area contributed by atoms with E-state index in [1.807, 2.05) is 54.6 Å². The van der Waals surface area contributed by atoms with Crippen LogP contribution in [0.3, 0.4) is 0 Å². The molecule has 35 heavy (non-hydrogen) atoms. The number of rotatable bonds is 7. The fourth-order valence-corrected chi connectivity index (χ4v) is 4.82. The normalized spacial score (nSPS) is 20.1. The smallest absolute Gasteiger partial charge is 0.330 e. The van der Waals surface area contributed by atoms with E-state index in [1.165, 1.54) is 16.8 Å². The maximum atomic E-state index is 15.2. The molecule has 0 saturated carbocycles. The Balaban J connectivity index is 1.50. The van der Waals surface area contributed by atoms with E-state index in [2.05, 4.69) is 46.7 Å². The Morgan fingerprint density at radius 2 is 1.37 bits per heavy atom. The summed E-state index contributed by atoms with van der Waals surface area (Å²) in [5.41, 5.74) is 1.17. The summed E-state index contributed by atoms with van der Waals surface area (Å²) in [6.45, 7) is 0.203. The minimum atomic E-state index is -1.29. The van der Waals surface area contributed by atoms with Crippen LogP contribution < -0.4 is 16.6 Å². The topological polar surface area (TPSA) is 76.1 Å². The molecule has 1 aliphatic rings. The van der Waals surface area contributed by atoms with Crippen LogP contribution in [-0.2, 0) is 10.3 Å². The Kier molecular flexibility index (Phi) is 6.44. The molecule has 5 rings (SSSR count). The summed E-state index contributed by atoms with van der Waals surface area (Å²) in [6, 6.07) is 31.4. The number of nitrogens with zero attached hydrogens (tertiary/aromatic N) is 1. The highest BCUT2D eigenvalue weighted by Gasteiger charge is 2.41. The van der Waals surface area contributed by atoms with Gasteiger partial charge in [0.15, 0.2) is 0 Å². The zero-order valence-corrected chi connectivity index (χ0v) is 19.0. The highest BCUT2D eigenvalue weighted by atomic mass is 19.1. The van der Waals surface area contributed by atoms with E-state index in [4.69, 9.17) is 4.74 Å². The lowest BCUT2D eigenvalue weighted by molar-refractivity contribution is -0.0113. The van der Waals surface area contributed by atoms with Gasteiger partial charge >= 0.3 is 5.69 Å². The zero-order valence-electron chi connectivity index (χ0n) is 19.0. The monoisotopic (exact) mass is 471 g/mol. The van der Waals surface area contributed by atoms with Gasteiger partial charge in [-0.2, -0.15) is 0 Å². The number of hydrogen-bond acceptors (Lipinski definition) is 4. The van der Waals surface area contributed by atoms with Crippen molar-refractivity contribution in [1.82, 2.24) is 14.9 Å². The molecule has 1 saturated heterocycles. The molecule has 6 nitrogen and oxygen atoms in total. The van der Waals surface area contributed by atoms with Gasteiger partial charge in [-0.3, -0.25) is 19.7 Å². The van der Waals surface area contributed by atoms with Gasteiger partial charge in [-0.15, -0.1) is 0 Å². The lowest BCUT2D eigenvalue weighted by Gasteiger charge is -2.38. The third kappa shape index (κ3) is 4.48. The Hall–Kier alpha value is -3.81. The van der Waals surface area contributed by atoms with E-state index in [0.29, 0.717) is 0 Å². The average molecular weight is 472 g/mol. The van der Waals surface area contributed by atoms with Gasteiger partial charge < -0.3 is 4.74 Å². The molecule has 1 fully saturated rings. The molecular weight excluding hydrogens is 445 g/mol. The predicted octanol–water partition coefficient (Wildman–Crippen LogP) is 3.74. The van der Waals surface area contributed by atoms with E-state index in [1.54, 1.807) is 0 Å². The third-order valence-electron chi connectivity index (χ3n) is 6.51. The van der Waals surface area contributed by atoms with Crippen molar-refractivity contribution in [2.24, 2.45) is 0 Å². The van der Waals surface area contributed by atoms with Crippen LogP contribution in [0.5, 0.6) is 0 Å². The highest BCUT2D eigenvalue weighted by molar-refractivity contribution is 5.49. The number of halogens is 1. The van der Waals surface area contributed by atoms with Crippen LogP contribution in [-0.4, -0.2) is 28.4 Å². The molecule has 2 heterocycles. The van der Waals surface area contributed by atoms with E-state index in [0.717, 1.165) is 16.7 Å². The lowest BCUT2D eigenvalue weighted by Crippen LogP contribution is -2.48. The largest absolute Gasteiger partial charge is 0.350 e. The van der Waals surface area contributed by atoms with Crippen molar-refractivity contribution in [3.63, 3.8) is 0 Å². The molecule has 1 aromatic heterocycles. The van der Waals surface area contributed by atoms with Gasteiger partial charge in [-0.1, -0.05) is 91.0 Å². The maximum absolute atomic E-state index is 15.2. The van der Waals surface area contributed by atoms with Gasteiger partial charge in [-0.25, -0.2) is 9.18 Å². The van der Waals surface area contributed by atoms with Gasteiger partial charge in [0.1, 0.15) is 18.5 Å². The second kappa shape index (κ2) is 9.82. The Morgan fingerprint density at radius 1 is 0.857 bits per heavy atom. The van der Waals surface area contributed by atoms with E-state index < -0.39 is 35.3 Å². The summed E-state index contributed by atoms with van der Waals surface area (Å²) in [7, 11) is 0. The molecule has 0 amide bonds. The summed E-state index contributed by atoms with van der Waals surface area (Å²) in [6.07, 6.45) is -1.49. The van der Waals surface area contributed by atoms with Crippen molar-refractivity contribution in [3.8, 4) is 0 Å². The van der Waals surface area contributed by atoms with Crippen LogP contribution in [0.4, 0.5) is 4.39 Å². The number of ether oxygens (including phenoxy) is 1. The first-order valence-corrected chi connectivity index (χ1v) is 11.6. The van der Waals surface area contributed by atoms with Crippen LogP contribution in [0.25, 0.3) is 0 Å². The van der Waals surface area contributed by atoms with Crippen LogP contribution >= 0.6 is 0 Å². The number of alkyl halides is 1. The van der Waals surface area contributed by atoms with Crippen molar-refractivity contribution >= 4 is 0 Å². The SMILES string of the molecule is O=c1ccn([C@H]2C[C@H](F)[C@@H](CNC(c3ccccc3)(c3ccccc3)c3ccccc3)O2)c(=O)[nH]1. The number of H-pyrrole nitrogens is 1. The minimum Gasteiger partial charge on any atom is -0.350 e. The second-order valence-electron chi connectivity index (χ2n) is 8.63. The Labute approximate surface area is 202 Å². The lowest BCUT2D eigenvalue weighted by atomic mass is 9.77. The summed E-state index contributed by atoms with van der Waals surface area (Å²) in [5, 5.41) is 3.64. The third-order valence-corrected chi connectivity index (χ3v) is 6.51. The number of hydrogen-bond donors (Lipinski definition) is 2. The van der Waals surface area contributed by atoms with Crippen LogP contribution in [0, 0.1) is 0 Å². The van der Waals surface area contributed by atoms with Crippen LogP contribution in [0.15, 0.2) is 113 Å². The fourth-order valence-electron chi connectivity index (χ4n) is 4.82. The summed E-state index contributed by atoms with van der Waals surface area (Å²) < 4.78 is 22.4. The first-order chi connectivity index (χ1) is 17.1. The molecule has 3 atom stereocenters. The van der Waals surface area contributed by atoms with Crippen molar-refractivity contribution in [2.75, 3.05) is 6.54 Å². The Morgan fingerprint density at radius 3 is 1.86 bits per heavy atom.